The zero-order chi connectivity index (χ0) is 22.6. The number of aliphatic hydroxyl groups is 1. The molecule has 0 aromatic heterocycles. The molecule has 2 amide bonds. The van der Waals surface area contributed by atoms with Gasteiger partial charge in [-0.2, -0.15) is 0 Å². The van der Waals surface area contributed by atoms with Crippen molar-refractivity contribution in [3.8, 4) is 5.75 Å². The molecule has 1 fully saturated rings. The number of ether oxygens (including phenoxy) is 2. The van der Waals surface area contributed by atoms with E-state index in [1.54, 1.807) is 25.9 Å². The first-order chi connectivity index (χ1) is 14.7. The van der Waals surface area contributed by atoms with Gasteiger partial charge in [0.2, 0.25) is 5.91 Å². The van der Waals surface area contributed by atoms with Gasteiger partial charge in [0.05, 0.1) is 19.4 Å². The Hall–Kier alpha value is -3.07. The van der Waals surface area contributed by atoms with Gasteiger partial charge in [-0.05, 0) is 26.0 Å². The lowest BCUT2D eigenvalue weighted by atomic mass is 9.98. The first-order valence-electron chi connectivity index (χ1n) is 10.3. The van der Waals surface area contributed by atoms with Crippen LogP contribution in [0.3, 0.4) is 0 Å². The predicted molar refractivity (Wildman–Crippen MR) is 114 cm³/mol. The number of rotatable bonds is 6. The van der Waals surface area contributed by atoms with E-state index in [-0.39, 0.29) is 23.9 Å². The number of para-hydroxylation sites is 2. The van der Waals surface area contributed by atoms with E-state index in [0.717, 1.165) is 17.5 Å². The Morgan fingerprint density at radius 1 is 1.23 bits per heavy atom. The number of allylic oxidation sites excluding steroid dienone is 1. The molecule has 0 bridgehead atoms. The summed E-state index contributed by atoms with van der Waals surface area (Å²) in [5.41, 5.74) is 0.157. The van der Waals surface area contributed by atoms with Gasteiger partial charge < -0.3 is 29.7 Å². The maximum Gasteiger partial charge on any atom is 0.287 e. The van der Waals surface area contributed by atoms with Crippen molar-refractivity contribution in [2.45, 2.75) is 31.9 Å². The first kappa shape index (κ1) is 22.6. The molecule has 0 unspecified atom stereocenters. The number of carbonyl (C=O) groups is 3. The normalized spacial score (nSPS) is 19.2. The van der Waals surface area contributed by atoms with Gasteiger partial charge in [0.1, 0.15) is 17.4 Å². The summed E-state index contributed by atoms with van der Waals surface area (Å²) in [4.78, 5) is 41.0. The molecule has 0 saturated carbocycles. The van der Waals surface area contributed by atoms with Crippen LogP contribution in [0.2, 0.25) is 0 Å². The first-order valence-corrected chi connectivity index (χ1v) is 10.3. The van der Waals surface area contributed by atoms with Crippen LogP contribution in [0.5, 0.6) is 5.75 Å². The SMILES string of the molecule is COc1ccccc1N1CCN(C(=O)[C@H](CO)NC(=O)C2=CC(=O)CC(C)(C)O2)CC1. The maximum absolute atomic E-state index is 12.9. The van der Waals surface area contributed by atoms with Crippen LogP contribution in [0.25, 0.3) is 0 Å². The highest BCUT2D eigenvalue weighted by Gasteiger charge is 2.34. The molecule has 1 saturated heterocycles. The molecule has 2 heterocycles. The molecule has 2 N–H and O–H groups in total. The van der Waals surface area contributed by atoms with Crippen molar-refractivity contribution in [3.05, 3.63) is 36.1 Å². The van der Waals surface area contributed by atoms with Crippen LogP contribution in [0.15, 0.2) is 36.1 Å². The van der Waals surface area contributed by atoms with Gasteiger partial charge in [-0.25, -0.2) is 0 Å². The number of nitrogens with zero attached hydrogens (tertiary/aromatic N) is 2. The van der Waals surface area contributed by atoms with E-state index in [1.165, 1.54) is 0 Å². The van der Waals surface area contributed by atoms with Crippen molar-refractivity contribution in [1.82, 2.24) is 10.2 Å². The van der Waals surface area contributed by atoms with E-state index >= 15 is 0 Å². The van der Waals surface area contributed by atoms with Gasteiger partial charge >= 0.3 is 0 Å². The number of hydrogen-bond acceptors (Lipinski definition) is 7. The molecule has 2 aliphatic rings. The van der Waals surface area contributed by atoms with Crippen LogP contribution in [0.4, 0.5) is 5.69 Å². The topological polar surface area (TPSA) is 108 Å². The minimum absolute atomic E-state index is 0.145. The van der Waals surface area contributed by atoms with Gasteiger partial charge in [0.25, 0.3) is 5.91 Å². The smallest absolute Gasteiger partial charge is 0.287 e. The highest BCUT2D eigenvalue weighted by molar-refractivity contribution is 6.03. The number of amides is 2. The molecule has 9 nitrogen and oxygen atoms in total. The number of hydrogen-bond donors (Lipinski definition) is 2. The van der Waals surface area contributed by atoms with E-state index in [9.17, 15) is 19.5 Å². The van der Waals surface area contributed by atoms with Gasteiger partial charge in [0.15, 0.2) is 11.5 Å². The Morgan fingerprint density at radius 2 is 1.90 bits per heavy atom. The minimum Gasteiger partial charge on any atom is -0.495 e. The lowest BCUT2D eigenvalue weighted by Gasteiger charge is -2.38. The molecule has 1 aromatic carbocycles. The standard InChI is InChI=1S/C22H29N3O6/c1-22(2)13-15(27)12-19(31-22)20(28)23-16(14-26)21(29)25-10-8-24(9-11-25)17-6-4-5-7-18(17)30-3/h4-7,12,16,26H,8-11,13-14H2,1-3H3,(H,23,28)/t16-/m0/s1. The maximum atomic E-state index is 12.9. The highest BCUT2D eigenvalue weighted by Crippen LogP contribution is 2.28. The van der Waals surface area contributed by atoms with Crippen molar-refractivity contribution >= 4 is 23.3 Å². The van der Waals surface area contributed by atoms with Crippen LogP contribution in [0.1, 0.15) is 20.3 Å². The summed E-state index contributed by atoms with van der Waals surface area (Å²) < 4.78 is 11.0. The molecule has 3 rings (SSSR count). The quantitative estimate of drug-likeness (QED) is 0.674. The van der Waals surface area contributed by atoms with E-state index in [4.69, 9.17) is 9.47 Å². The Morgan fingerprint density at radius 3 is 2.52 bits per heavy atom. The van der Waals surface area contributed by atoms with Gasteiger partial charge in [-0.15, -0.1) is 0 Å². The fourth-order valence-corrected chi connectivity index (χ4v) is 3.79. The molecule has 2 aliphatic heterocycles. The number of ketones is 1. The van der Waals surface area contributed by atoms with Gasteiger partial charge in [0, 0.05) is 38.7 Å². The molecule has 31 heavy (non-hydrogen) atoms. The second-order valence-electron chi connectivity index (χ2n) is 8.21. The third kappa shape index (κ3) is 5.35. The van der Waals surface area contributed by atoms with Crippen LogP contribution < -0.4 is 15.0 Å². The van der Waals surface area contributed by atoms with E-state index < -0.39 is 24.2 Å². The highest BCUT2D eigenvalue weighted by atomic mass is 16.5. The van der Waals surface area contributed by atoms with Crippen molar-refractivity contribution in [2.75, 3.05) is 44.8 Å². The van der Waals surface area contributed by atoms with Crippen molar-refractivity contribution < 1.29 is 29.0 Å². The number of piperazine rings is 1. The van der Waals surface area contributed by atoms with Crippen molar-refractivity contribution in [3.63, 3.8) is 0 Å². The fraction of sp³-hybridized carbons (Fsp3) is 0.500. The summed E-state index contributed by atoms with van der Waals surface area (Å²) in [6.07, 6.45) is 1.30. The van der Waals surface area contributed by atoms with Gasteiger partial charge in [-0.3, -0.25) is 14.4 Å². The predicted octanol–water partition coefficient (Wildman–Crippen LogP) is 0.473. The van der Waals surface area contributed by atoms with E-state index in [2.05, 4.69) is 10.2 Å². The van der Waals surface area contributed by atoms with Crippen LogP contribution in [0, 0.1) is 0 Å². The molecular weight excluding hydrogens is 402 g/mol. The fourth-order valence-electron chi connectivity index (χ4n) is 3.79. The summed E-state index contributed by atoms with van der Waals surface area (Å²) in [5, 5.41) is 12.2. The summed E-state index contributed by atoms with van der Waals surface area (Å²) in [6.45, 7) is 4.93. The molecule has 0 radical (unpaired) electrons. The van der Waals surface area contributed by atoms with Crippen LogP contribution >= 0.6 is 0 Å². The molecule has 1 aromatic rings. The zero-order valence-electron chi connectivity index (χ0n) is 18.1. The molecule has 9 heteroatoms. The summed E-state index contributed by atoms with van der Waals surface area (Å²) in [7, 11) is 1.62. The monoisotopic (exact) mass is 431 g/mol. The Balaban J connectivity index is 1.60. The summed E-state index contributed by atoms with van der Waals surface area (Å²) in [6, 6.07) is 6.57. The number of aliphatic hydroxyl groups excluding tert-OH is 1. The number of nitrogens with one attached hydrogen (secondary N) is 1. The average molecular weight is 431 g/mol. The second-order valence-corrected chi connectivity index (χ2v) is 8.21. The second kappa shape index (κ2) is 9.38. The van der Waals surface area contributed by atoms with E-state index in [0.29, 0.717) is 26.2 Å². The largest absolute Gasteiger partial charge is 0.495 e. The van der Waals surface area contributed by atoms with Crippen LogP contribution in [-0.4, -0.2) is 79.1 Å². The summed E-state index contributed by atoms with van der Waals surface area (Å²) >= 11 is 0. The zero-order valence-corrected chi connectivity index (χ0v) is 18.1. The van der Waals surface area contributed by atoms with E-state index in [1.807, 2.05) is 24.3 Å². The van der Waals surface area contributed by atoms with Crippen molar-refractivity contribution in [2.24, 2.45) is 0 Å². The van der Waals surface area contributed by atoms with Crippen molar-refractivity contribution in [1.29, 1.82) is 0 Å². The summed E-state index contributed by atoms with van der Waals surface area (Å²) in [5.74, 6) is -0.672. The lowest BCUT2D eigenvalue weighted by Crippen LogP contribution is -2.56. The third-order valence-electron chi connectivity index (χ3n) is 5.31. The molecule has 168 valence electrons. The number of anilines is 1. The Labute approximate surface area is 181 Å². The lowest BCUT2D eigenvalue weighted by molar-refractivity contribution is -0.139. The van der Waals surface area contributed by atoms with Gasteiger partial charge in [-0.1, -0.05) is 12.1 Å². The molecule has 0 aliphatic carbocycles. The van der Waals surface area contributed by atoms with Crippen LogP contribution in [-0.2, 0) is 19.1 Å². The number of carbonyl (C=O) groups excluding carboxylic acids is 3. The number of methoxy groups -OCH3 is 1. The molecular formula is C22H29N3O6. The average Bonchev–Trinajstić information content (AvgIpc) is 2.75. The molecule has 1 atom stereocenters. The number of benzene rings is 1. The molecule has 0 spiro atoms. The third-order valence-corrected chi connectivity index (χ3v) is 5.31. The minimum atomic E-state index is -1.12. The Bertz CT molecular complexity index is 874. The Kier molecular flexibility index (Phi) is 6.84.